The highest BCUT2D eigenvalue weighted by molar-refractivity contribution is 6.40. The molecule has 0 heterocycles. The highest BCUT2D eigenvalue weighted by Gasteiger charge is 2.39. The van der Waals surface area contributed by atoms with Crippen molar-refractivity contribution < 1.29 is 23.9 Å². The fourth-order valence-electron chi connectivity index (χ4n) is 2.16. The molecular formula is C14H14O5. The number of hydrogen-bond donors (Lipinski definition) is 0. The monoisotopic (exact) mass is 262 g/mol. The van der Waals surface area contributed by atoms with Crippen molar-refractivity contribution in [3.8, 4) is 5.75 Å². The number of ether oxygens (including phenoxy) is 2. The van der Waals surface area contributed by atoms with Crippen LogP contribution in [0.3, 0.4) is 0 Å². The minimum atomic E-state index is -0.957. The summed E-state index contributed by atoms with van der Waals surface area (Å²) >= 11 is 0. The van der Waals surface area contributed by atoms with Crippen LogP contribution in [0.4, 0.5) is 0 Å². The Balaban J connectivity index is 2.23. The summed E-state index contributed by atoms with van der Waals surface area (Å²) in [6, 6.07) is 4.99. The number of ketones is 2. The smallest absolute Gasteiger partial charge is 0.375 e. The maximum atomic E-state index is 12.1. The summed E-state index contributed by atoms with van der Waals surface area (Å²) in [4.78, 5) is 35.3. The summed E-state index contributed by atoms with van der Waals surface area (Å²) in [5.41, 5.74) is 1.20. The van der Waals surface area contributed by atoms with E-state index >= 15 is 0 Å². The molecule has 0 aliphatic heterocycles. The van der Waals surface area contributed by atoms with Gasteiger partial charge in [-0.05, 0) is 37.1 Å². The lowest BCUT2D eigenvalue weighted by Crippen LogP contribution is -2.29. The Morgan fingerprint density at radius 3 is 2.74 bits per heavy atom. The molecule has 0 amide bonds. The van der Waals surface area contributed by atoms with E-state index in [4.69, 9.17) is 4.74 Å². The van der Waals surface area contributed by atoms with Crippen molar-refractivity contribution in [1.82, 2.24) is 0 Å². The van der Waals surface area contributed by atoms with E-state index < -0.39 is 17.7 Å². The Labute approximate surface area is 110 Å². The Morgan fingerprint density at radius 1 is 1.37 bits per heavy atom. The zero-order valence-corrected chi connectivity index (χ0v) is 10.8. The number of esters is 1. The van der Waals surface area contributed by atoms with Gasteiger partial charge in [0.05, 0.1) is 19.6 Å². The normalized spacial score (nSPS) is 16.9. The Morgan fingerprint density at radius 2 is 2.11 bits per heavy atom. The first-order chi connectivity index (χ1) is 9.08. The van der Waals surface area contributed by atoms with Crippen LogP contribution in [0.2, 0.25) is 0 Å². The fraction of sp³-hybridized carbons (Fsp3) is 0.357. The van der Waals surface area contributed by atoms with Crippen LogP contribution in [0.1, 0.15) is 22.8 Å². The predicted molar refractivity (Wildman–Crippen MR) is 66.2 cm³/mol. The number of carbonyl (C=O) groups is 3. The number of benzene rings is 1. The van der Waals surface area contributed by atoms with Crippen LogP contribution in [0.15, 0.2) is 18.2 Å². The lowest BCUT2D eigenvalue weighted by molar-refractivity contribution is -0.154. The summed E-state index contributed by atoms with van der Waals surface area (Å²) < 4.78 is 9.71. The Kier molecular flexibility index (Phi) is 3.64. The van der Waals surface area contributed by atoms with Gasteiger partial charge in [0.25, 0.3) is 5.78 Å². The van der Waals surface area contributed by atoms with Crippen molar-refractivity contribution in [2.24, 2.45) is 5.92 Å². The van der Waals surface area contributed by atoms with Crippen molar-refractivity contribution in [3.05, 3.63) is 29.3 Å². The Bertz CT molecular complexity index is 547. The molecule has 100 valence electrons. The quantitative estimate of drug-likeness (QED) is 0.463. The molecule has 19 heavy (non-hydrogen) atoms. The van der Waals surface area contributed by atoms with Gasteiger partial charge in [0.2, 0.25) is 0 Å². The zero-order valence-electron chi connectivity index (χ0n) is 10.8. The Hall–Kier alpha value is -2.17. The molecule has 0 saturated carbocycles. The van der Waals surface area contributed by atoms with Gasteiger partial charge in [-0.1, -0.05) is 0 Å². The third-order valence-electron chi connectivity index (χ3n) is 3.11. The molecular weight excluding hydrogens is 248 g/mol. The van der Waals surface area contributed by atoms with Crippen LogP contribution in [-0.2, 0) is 20.7 Å². The number of rotatable bonds is 4. The number of methoxy groups -OCH3 is 1. The standard InChI is InChI=1S/C14H14O5/c1-3-19-14(17)13(16)11-7-8-6-9(18-2)4-5-10(8)12(11)15/h4-6,11H,3,7H2,1-2H3. The number of Topliss-reactive ketones (excluding diaryl/α,β-unsaturated/α-hetero) is 2. The molecule has 1 aromatic carbocycles. The summed E-state index contributed by atoms with van der Waals surface area (Å²) in [6.07, 6.45) is 0.225. The third-order valence-corrected chi connectivity index (χ3v) is 3.11. The number of fused-ring (bicyclic) bond motifs is 1. The number of hydrogen-bond acceptors (Lipinski definition) is 5. The summed E-state index contributed by atoms with van der Waals surface area (Å²) in [6.45, 7) is 1.73. The second-order valence-electron chi connectivity index (χ2n) is 4.23. The first-order valence-electron chi connectivity index (χ1n) is 6.00. The van der Waals surface area contributed by atoms with Crippen LogP contribution in [0.25, 0.3) is 0 Å². The van der Waals surface area contributed by atoms with E-state index in [2.05, 4.69) is 4.74 Å². The largest absolute Gasteiger partial charge is 0.497 e. The topological polar surface area (TPSA) is 69.7 Å². The van der Waals surface area contributed by atoms with Gasteiger partial charge in [-0.3, -0.25) is 9.59 Å². The summed E-state index contributed by atoms with van der Waals surface area (Å²) in [5, 5.41) is 0. The number of carbonyl (C=O) groups excluding carboxylic acids is 3. The van der Waals surface area contributed by atoms with Gasteiger partial charge in [0, 0.05) is 5.56 Å². The molecule has 2 rings (SSSR count). The summed E-state index contributed by atoms with van der Waals surface area (Å²) in [5.74, 6) is -2.38. The van der Waals surface area contributed by atoms with Crippen LogP contribution in [0, 0.1) is 5.92 Å². The zero-order chi connectivity index (χ0) is 14.0. The predicted octanol–water partition coefficient (Wildman–Crippen LogP) is 1.18. The molecule has 1 unspecified atom stereocenters. The molecule has 5 nitrogen and oxygen atoms in total. The second kappa shape index (κ2) is 5.22. The van der Waals surface area contributed by atoms with E-state index in [9.17, 15) is 14.4 Å². The lowest BCUT2D eigenvalue weighted by Gasteiger charge is -2.05. The van der Waals surface area contributed by atoms with Gasteiger partial charge in [-0.2, -0.15) is 0 Å². The molecule has 5 heteroatoms. The van der Waals surface area contributed by atoms with Gasteiger partial charge in [0.1, 0.15) is 5.75 Å². The molecule has 0 radical (unpaired) electrons. The van der Waals surface area contributed by atoms with Gasteiger partial charge < -0.3 is 9.47 Å². The molecule has 0 N–H and O–H groups in total. The maximum absolute atomic E-state index is 12.1. The molecule has 1 atom stereocenters. The van der Waals surface area contributed by atoms with E-state index in [0.717, 1.165) is 5.56 Å². The van der Waals surface area contributed by atoms with E-state index in [1.807, 2.05) is 0 Å². The summed E-state index contributed by atoms with van der Waals surface area (Å²) in [7, 11) is 1.53. The van der Waals surface area contributed by atoms with Crippen molar-refractivity contribution in [3.63, 3.8) is 0 Å². The fourth-order valence-corrected chi connectivity index (χ4v) is 2.16. The molecule has 0 bridgehead atoms. The molecule has 0 fully saturated rings. The van der Waals surface area contributed by atoms with Crippen molar-refractivity contribution in [1.29, 1.82) is 0 Å². The van der Waals surface area contributed by atoms with Gasteiger partial charge >= 0.3 is 5.97 Å². The highest BCUT2D eigenvalue weighted by Crippen LogP contribution is 2.30. The van der Waals surface area contributed by atoms with Crippen LogP contribution in [0.5, 0.6) is 5.75 Å². The molecule has 0 saturated heterocycles. The lowest BCUT2D eigenvalue weighted by atomic mass is 10.00. The van der Waals surface area contributed by atoms with E-state index in [-0.39, 0.29) is 18.8 Å². The molecule has 1 aliphatic rings. The SMILES string of the molecule is CCOC(=O)C(=O)C1Cc2cc(OC)ccc2C1=O. The first kappa shape index (κ1) is 13.3. The molecule has 0 aromatic heterocycles. The van der Waals surface area contributed by atoms with Gasteiger partial charge in [-0.25, -0.2) is 4.79 Å². The molecule has 0 spiro atoms. The van der Waals surface area contributed by atoms with Crippen molar-refractivity contribution in [2.75, 3.05) is 13.7 Å². The average Bonchev–Trinajstić information content (AvgIpc) is 2.74. The van der Waals surface area contributed by atoms with E-state index in [0.29, 0.717) is 11.3 Å². The van der Waals surface area contributed by atoms with Crippen LogP contribution in [-0.4, -0.2) is 31.3 Å². The maximum Gasteiger partial charge on any atom is 0.375 e. The highest BCUT2D eigenvalue weighted by atomic mass is 16.5. The van der Waals surface area contributed by atoms with Gasteiger partial charge in [-0.15, -0.1) is 0 Å². The molecule has 1 aliphatic carbocycles. The molecule has 1 aromatic rings. The minimum Gasteiger partial charge on any atom is -0.497 e. The van der Waals surface area contributed by atoms with Gasteiger partial charge in [0.15, 0.2) is 5.78 Å². The second-order valence-corrected chi connectivity index (χ2v) is 4.23. The minimum absolute atomic E-state index is 0.117. The third kappa shape index (κ3) is 2.36. The van der Waals surface area contributed by atoms with Crippen LogP contribution >= 0.6 is 0 Å². The van der Waals surface area contributed by atoms with E-state index in [1.54, 1.807) is 25.1 Å². The van der Waals surface area contributed by atoms with E-state index in [1.165, 1.54) is 7.11 Å². The van der Waals surface area contributed by atoms with Crippen molar-refractivity contribution >= 4 is 17.5 Å². The first-order valence-corrected chi connectivity index (χ1v) is 6.00. The van der Waals surface area contributed by atoms with Crippen LogP contribution < -0.4 is 4.74 Å². The average molecular weight is 262 g/mol. The van der Waals surface area contributed by atoms with Crippen molar-refractivity contribution in [2.45, 2.75) is 13.3 Å².